The number of amides is 2. The molecule has 2 rings (SSSR count). The zero-order valence-corrected chi connectivity index (χ0v) is 16.4. The third-order valence-electron chi connectivity index (χ3n) is 5.18. The largest absolute Gasteiger partial charge is 0.453 e. The van der Waals surface area contributed by atoms with Crippen LogP contribution in [0.5, 0.6) is 0 Å². The molecule has 0 radical (unpaired) electrons. The molecule has 8 nitrogen and oxygen atoms in total. The molecular formula is C19H27N3O5. The van der Waals surface area contributed by atoms with E-state index in [1.54, 1.807) is 11.9 Å². The molecule has 8 heteroatoms. The highest BCUT2D eigenvalue weighted by Crippen LogP contribution is 2.33. The van der Waals surface area contributed by atoms with Gasteiger partial charge in [0.25, 0.3) is 0 Å². The highest BCUT2D eigenvalue weighted by atomic mass is 16.7. The average molecular weight is 377 g/mol. The van der Waals surface area contributed by atoms with Crippen LogP contribution in [0.1, 0.15) is 26.3 Å². The van der Waals surface area contributed by atoms with Crippen LogP contribution in [-0.2, 0) is 25.6 Å². The number of benzene rings is 1. The minimum absolute atomic E-state index is 0.0166. The van der Waals surface area contributed by atoms with Crippen LogP contribution in [0.3, 0.4) is 0 Å². The van der Waals surface area contributed by atoms with Gasteiger partial charge in [0, 0.05) is 13.5 Å². The molecule has 1 aromatic rings. The fourth-order valence-electron chi connectivity index (χ4n) is 3.03. The molecule has 1 saturated heterocycles. The molecule has 0 bridgehead atoms. The summed E-state index contributed by atoms with van der Waals surface area (Å²) in [5.41, 5.74) is 0.0899. The van der Waals surface area contributed by atoms with Crippen molar-refractivity contribution in [2.75, 3.05) is 20.7 Å². The van der Waals surface area contributed by atoms with Crippen molar-refractivity contribution in [3.8, 4) is 0 Å². The first kappa shape index (κ1) is 20.7. The summed E-state index contributed by atoms with van der Waals surface area (Å²) in [5.74, 6) is -0.776. The Hall–Kier alpha value is -2.61. The van der Waals surface area contributed by atoms with Crippen molar-refractivity contribution in [1.82, 2.24) is 15.3 Å². The van der Waals surface area contributed by atoms with E-state index in [0.717, 1.165) is 5.56 Å². The van der Waals surface area contributed by atoms with Crippen molar-refractivity contribution >= 4 is 18.0 Å². The van der Waals surface area contributed by atoms with Gasteiger partial charge in [0.1, 0.15) is 18.2 Å². The summed E-state index contributed by atoms with van der Waals surface area (Å²) in [6.45, 7) is 5.71. The van der Waals surface area contributed by atoms with E-state index in [-0.39, 0.29) is 24.8 Å². The van der Waals surface area contributed by atoms with Gasteiger partial charge in [0.05, 0.1) is 7.11 Å². The maximum atomic E-state index is 12.8. The number of nitrogens with zero attached hydrogens (tertiary/aromatic N) is 2. The van der Waals surface area contributed by atoms with Crippen molar-refractivity contribution in [2.24, 2.45) is 5.92 Å². The molecule has 148 valence electrons. The first-order valence-electron chi connectivity index (χ1n) is 8.84. The summed E-state index contributed by atoms with van der Waals surface area (Å²) in [7, 11) is 2.91. The Kier molecular flexibility index (Phi) is 6.43. The average Bonchev–Trinajstić information content (AvgIpc) is 2.86. The van der Waals surface area contributed by atoms with Crippen LogP contribution in [-0.4, -0.2) is 60.3 Å². The third kappa shape index (κ3) is 4.39. The number of carbonyl (C=O) groups is 3. The van der Waals surface area contributed by atoms with Crippen LogP contribution in [0.25, 0.3) is 0 Å². The summed E-state index contributed by atoms with van der Waals surface area (Å²) in [5, 5.41) is 3.90. The molecule has 0 saturated carbocycles. The highest BCUT2D eigenvalue weighted by molar-refractivity contribution is 5.83. The summed E-state index contributed by atoms with van der Waals surface area (Å²) >= 11 is 0. The second-order valence-corrected chi connectivity index (χ2v) is 7.03. The predicted molar refractivity (Wildman–Crippen MR) is 98.3 cm³/mol. The number of likely N-dealkylation sites (N-methyl/N-ethyl adjacent to an activating group) is 1. The fraction of sp³-hybridized carbons (Fsp3) is 0.526. The maximum Gasteiger partial charge on any atom is 0.407 e. The standard InChI is InChI=1S/C19H27N3O5/c1-13(2)19(3)21(4)16(23)12-22(19)27-17(24)15(20-18(25)26-5)11-14-9-7-6-8-10-14/h6-10,13,15H,11-12H2,1-5H3,(H,20,25)/t15-,19-/m0/s1. The Morgan fingerprint density at radius 1 is 1.26 bits per heavy atom. The molecule has 1 N–H and O–H groups in total. The number of rotatable bonds is 6. The van der Waals surface area contributed by atoms with Gasteiger partial charge in [-0.05, 0) is 18.4 Å². The topological polar surface area (TPSA) is 88.2 Å². The van der Waals surface area contributed by atoms with Crippen molar-refractivity contribution in [1.29, 1.82) is 0 Å². The molecule has 0 aromatic heterocycles. The zero-order chi connectivity index (χ0) is 20.2. The Bertz CT molecular complexity index is 694. The van der Waals surface area contributed by atoms with Crippen LogP contribution in [0.4, 0.5) is 4.79 Å². The van der Waals surface area contributed by atoms with Crippen LogP contribution >= 0.6 is 0 Å². The van der Waals surface area contributed by atoms with Crippen LogP contribution in [0.2, 0.25) is 0 Å². The van der Waals surface area contributed by atoms with Gasteiger partial charge in [-0.3, -0.25) is 4.79 Å². The molecule has 2 atom stereocenters. The monoisotopic (exact) mass is 377 g/mol. The first-order chi connectivity index (χ1) is 12.7. The molecule has 1 aromatic carbocycles. The Morgan fingerprint density at radius 3 is 2.44 bits per heavy atom. The van der Waals surface area contributed by atoms with Crippen LogP contribution in [0, 0.1) is 5.92 Å². The van der Waals surface area contributed by atoms with E-state index in [0.29, 0.717) is 0 Å². The van der Waals surface area contributed by atoms with Gasteiger partial charge in [-0.1, -0.05) is 44.2 Å². The van der Waals surface area contributed by atoms with Gasteiger partial charge in [-0.25, -0.2) is 9.59 Å². The SMILES string of the molecule is COC(=O)N[C@@H](Cc1ccccc1)C(=O)ON1CC(=O)N(C)[C@]1(C)C(C)C. The minimum atomic E-state index is -0.947. The van der Waals surface area contributed by atoms with Gasteiger partial charge < -0.3 is 19.8 Å². The summed E-state index contributed by atoms with van der Waals surface area (Å²) < 4.78 is 4.62. The van der Waals surface area contributed by atoms with E-state index in [4.69, 9.17) is 4.84 Å². The zero-order valence-electron chi connectivity index (χ0n) is 16.4. The summed E-state index contributed by atoms with van der Waals surface area (Å²) in [4.78, 5) is 43.8. The van der Waals surface area contributed by atoms with E-state index in [1.807, 2.05) is 51.1 Å². The molecule has 1 fully saturated rings. The van der Waals surface area contributed by atoms with Crippen molar-refractivity contribution in [3.05, 3.63) is 35.9 Å². The molecule has 0 unspecified atom stereocenters. The van der Waals surface area contributed by atoms with Crippen LogP contribution < -0.4 is 5.32 Å². The number of methoxy groups -OCH3 is 1. The lowest BCUT2D eigenvalue weighted by Gasteiger charge is -2.41. The predicted octanol–water partition coefficient (Wildman–Crippen LogP) is 1.56. The van der Waals surface area contributed by atoms with E-state index >= 15 is 0 Å². The quantitative estimate of drug-likeness (QED) is 0.809. The minimum Gasteiger partial charge on any atom is -0.453 e. The normalized spacial score (nSPS) is 21.3. The number of ether oxygens (including phenoxy) is 1. The Labute approximate surface area is 159 Å². The van der Waals surface area contributed by atoms with E-state index < -0.39 is 23.8 Å². The van der Waals surface area contributed by atoms with Gasteiger partial charge >= 0.3 is 12.1 Å². The lowest BCUT2D eigenvalue weighted by molar-refractivity contribution is -0.231. The van der Waals surface area contributed by atoms with Crippen molar-refractivity contribution < 1.29 is 24.0 Å². The summed E-state index contributed by atoms with van der Waals surface area (Å²) in [6, 6.07) is 8.32. The van der Waals surface area contributed by atoms with E-state index in [9.17, 15) is 14.4 Å². The molecular weight excluding hydrogens is 350 g/mol. The molecule has 0 aliphatic carbocycles. The third-order valence-corrected chi connectivity index (χ3v) is 5.18. The van der Waals surface area contributed by atoms with Crippen molar-refractivity contribution in [3.63, 3.8) is 0 Å². The van der Waals surface area contributed by atoms with Gasteiger partial charge in [-0.15, -0.1) is 5.06 Å². The number of hydrogen-bond acceptors (Lipinski definition) is 6. The first-order valence-corrected chi connectivity index (χ1v) is 8.84. The van der Waals surface area contributed by atoms with Gasteiger partial charge in [-0.2, -0.15) is 0 Å². The molecule has 1 heterocycles. The number of carbonyl (C=O) groups excluding carboxylic acids is 3. The molecule has 2 amide bonds. The lowest BCUT2D eigenvalue weighted by atomic mass is 9.98. The van der Waals surface area contributed by atoms with Gasteiger partial charge in [0.2, 0.25) is 5.91 Å². The number of hydroxylamine groups is 2. The fourth-order valence-corrected chi connectivity index (χ4v) is 3.03. The summed E-state index contributed by atoms with van der Waals surface area (Å²) in [6.07, 6.45) is -0.487. The lowest BCUT2D eigenvalue weighted by Crippen LogP contribution is -2.56. The van der Waals surface area contributed by atoms with Crippen molar-refractivity contribution in [2.45, 2.75) is 38.9 Å². The number of nitrogens with one attached hydrogen (secondary N) is 1. The van der Waals surface area contributed by atoms with Gasteiger partial charge in [0.15, 0.2) is 0 Å². The van der Waals surface area contributed by atoms with E-state index in [2.05, 4.69) is 10.1 Å². The highest BCUT2D eigenvalue weighted by Gasteiger charge is 2.51. The second-order valence-electron chi connectivity index (χ2n) is 7.03. The maximum absolute atomic E-state index is 12.8. The molecule has 1 aliphatic heterocycles. The number of hydrogen-bond donors (Lipinski definition) is 1. The molecule has 0 spiro atoms. The second kappa shape index (κ2) is 8.39. The van der Waals surface area contributed by atoms with Crippen LogP contribution in [0.15, 0.2) is 30.3 Å². The Morgan fingerprint density at radius 2 is 1.89 bits per heavy atom. The van der Waals surface area contributed by atoms with E-state index in [1.165, 1.54) is 12.2 Å². The molecule has 1 aliphatic rings. The number of alkyl carbamates (subject to hydrolysis) is 1. The molecule has 27 heavy (non-hydrogen) atoms. The Balaban J connectivity index is 2.19. The smallest absolute Gasteiger partial charge is 0.407 e.